The molecule has 7 nitrogen and oxygen atoms in total. The van der Waals surface area contributed by atoms with Crippen molar-refractivity contribution in [3.8, 4) is 0 Å². The number of nitrogens with one attached hydrogen (secondary N) is 1. The van der Waals surface area contributed by atoms with Gasteiger partial charge in [-0.3, -0.25) is 5.41 Å². The van der Waals surface area contributed by atoms with Gasteiger partial charge >= 0.3 is 0 Å². The average Bonchev–Trinajstić information content (AvgIpc) is 2.77. The van der Waals surface area contributed by atoms with Gasteiger partial charge in [-0.2, -0.15) is 0 Å². The predicted octanol–water partition coefficient (Wildman–Crippen LogP) is 1.10. The van der Waals surface area contributed by atoms with Crippen molar-refractivity contribution in [1.82, 2.24) is 9.97 Å². The van der Waals surface area contributed by atoms with Gasteiger partial charge in [-0.1, -0.05) is 0 Å². The molecule has 0 aliphatic carbocycles. The molecule has 2 aliphatic rings. The van der Waals surface area contributed by atoms with Crippen LogP contribution in [0.4, 0.5) is 11.6 Å². The number of aromatic nitrogens is 2. The van der Waals surface area contributed by atoms with Crippen LogP contribution in [0, 0.1) is 12.3 Å². The Morgan fingerprint density at radius 3 is 2.71 bits per heavy atom. The van der Waals surface area contributed by atoms with E-state index in [-0.39, 0.29) is 24.1 Å². The van der Waals surface area contributed by atoms with Crippen LogP contribution in [0.25, 0.3) is 0 Å². The molecule has 0 spiro atoms. The zero-order valence-corrected chi connectivity index (χ0v) is 12.6. The maximum absolute atomic E-state index is 8.07. The van der Waals surface area contributed by atoms with Crippen LogP contribution in [0.5, 0.6) is 0 Å². The summed E-state index contributed by atoms with van der Waals surface area (Å²) in [6, 6.07) is 0.316. The maximum atomic E-state index is 8.07. The van der Waals surface area contributed by atoms with Crippen LogP contribution in [-0.4, -0.2) is 47.3 Å². The first kappa shape index (κ1) is 14.1. The van der Waals surface area contributed by atoms with E-state index in [9.17, 15) is 0 Å². The molecule has 3 unspecified atom stereocenters. The Bertz CT molecular complexity index is 577. The standard InChI is InChI=1S/C14H21N5O2/c1-7-5-21-13(16)11-12(15)17-9(3)18-14(11)19(7)10-4-8(2)20-6-10/h7-8,10,16H,4-6H2,1-3H3,(H2,15,17,18). The highest BCUT2D eigenvalue weighted by Gasteiger charge is 2.37. The van der Waals surface area contributed by atoms with Crippen LogP contribution in [-0.2, 0) is 9.47 Å². The van der Waals surface area contributed by atoms with Crippen LogP contribution in [0.2, 0.25) is 0 Å². The Kier molecular flexibility index (Phi) is 3.44. The summed E-state index contributed by atoms with van der Waals surface area (Å²) in [5, 5.41) is 8.07. The molecular weight excluding hydrogens is 270 g/mol. The lowest BCUT2D eigenvalue weighted by molar-refractivity contribution is 0.122. The number of aryl methyl sites for hydroxylation is 1. The van der Waals surface area contributed by atoms with Crippen LogP contribution in [0.1, 0.15) is 31.7 Å². The first-order valence-electron chi connectivity index (χ1n) is 7.23. The van der Waals surface area contributed by atoms with Gasteiger partial charge in [0.05, 0.1) is 24.8 Å². The summed E-state index contributed by atoms with van der Waals surface area (Å²) in [5.74, 6) is 1.64. The summed E-state index contributed by atoms with van der Waals surface area (Å²) in [7, 11) is 0. The van der Waals surface area contributed by atoms with Gasteiger partial charge in [-0.15, -0.1) is 0 Å². The third-order valence-corrected chi connectivity index (χ3v) is 4.02. The summed E-state index contributed by atoms with van der Waals surface area (Å²) in [6.45, 7) is 7.03. The van der Waals surface area contributed by atoms with E-state index in [2.05, 4.69) is 28.7 Å². The lowest BCUT2D eigenvalue weighted by Crippen LogP contribution is -2.44. The Morgan fingerprint density at radius 1 is 1.29 bits per heavy atom. The van der Waals surface area contributed by atoms with E-state index in [1.54, 1.807) is 0 Å². The van der Waals surface area contributed by atoms with E-state index in [0.717, 1.165) is 6.42 Å². The van der Waals surface area contributed by atoms with Gasteiger partial charge in [-0.05, 0) is 27.2 Å². The number of hydrogen-bond donors (Lipinski definition) is 2. The maximum Gasteiger partial charge on any atom is 0.220 e. The molecule has 0 bridgehead atoms. The number of ether oxygens (including phenoxy) is 2. The highest BCUT2D eigenvalue weighted by atomic mass is 16.5. The van der Waals surface area contributed by atoms with Gasteiger partial charge in [0, 0.05) is 0 Å². The normalized spacial score (nSPS) is 29.0. The van der Waals surface area contributed by atoms with Gasteiger partial charge in [0.2, 0.25) is 5.90 Å². The van der Waals surface area contributed by atoms with Crippen molar-refractivity contribution in [3.63, 3.8) is 0 Å². The molecule has 3 heterocycles. The summed E-state index contributed by atoms with van der Waals surface area (Å²) < 4.78 is 11.2. The Labute approximate surface area is 124 Å². The van der Waals surface area contributed by atoms with Crippen LogP contribution in [0.15, 0.2) is 0 Å². The number of nitrogens with zero attached hydrogens (tertiary/aromatic N) is 3. The second-order valence-electron chi connectivity index (χ2n) is 5.78. The van der Waals surface area contributed by atoms with Crippen molar-refractivity contribution in [1.29, 1.82) is 5.41 Å². The Morgan fingerprint density at radius 2 is 2.05 bits per heavy atom. The zero-order valence-electron chi connectivity index (χ0n) is 12.6. The van der Waals surface area contributed by atoms with E-state index < -0.39 is 0 Å². The SMILES string of the molecule is Cc1nc(N)c2c(n1)N(C1COC(C)C1)C(C)COC2=N. The minimum absolute atomic E-state index is 0.0452. The van der Waals surface area contributed by atoms with Crippen molar-refractivity contribution in [2.45, 2.75) is 45.4 Å². The molecule has 114 valence electrons. The number of nitrogens with two attached hydrogens (primary N) is 1. The molecule has 1 fully saturated rings. The van der Waals surface area contributed by atoms with Gasteiger partial charge in [-0.25, -0.2) is 9.97 Å². The second-order valence-corrected chi connectivity index (χ2v) is 5.78. The molecule has 0 radical (unpaired) electrons. The molecule has 0 aromatic carbocycles. The van der Waals surface area contributed by atoms with Crippen molar-refractivity contribution < 1.29 is 9.47 Å². The molecule has 3 rings (SSSR count). The number of nitrogen functional groups attached to an aromatic ring is 1. The molecule has 1 aromatic rings. The van der Waals surface area contributed by atoms with E-state index in [0.29, 0.717) is 36.2 Å². The Balaban J connectivity index is 2.10. The summed E-state index contributed by atoms with van der Waals surface area (Å²) in [5.41, 5.74) is 6.50. The second kappa shape index (κ2) is 5.14. The topological polar surface area (TPSA) is 97.3 Å². The third-order valence-electron chi connectivity index (χ3n) is 4.02. The van der Waals surface area contributed by atoms with E-state index in [1.807, 2.05) is 6.92 Å². The van der Waals surface area contributed by atoms with Crippen LogP contribution < -0.4 is 10.6 Å². The fourth-order valence-corrected chi connectivity index (χ4v) is 3.07. The molecule has 2 aliphatic heterocycles. The highest BCUT2D eigenvalue weighted by Crippen LogP contribution is 2.32. The van der Waals surface area contributed by atoms with E-state index in [1.165, 1.54) is 0 Å². The van der Waals surface area contributed by atoms with Crippen molar-refractivity contribution in [2.24, 2.45) is 0 Å². The molecule has 1 aromatic heterocycles. The lowest BCUT2D eigenvalue weighted by Gasteiger charge is -2.33. The Hall–Kier alpha value is -1.89. The molecule has 3 atom stereocenters. The van der Waals surface area contributed by atoms with Crippen LogP contribution in [0.3, 0.4) is 0 Å². The number of anilines is 2. The average molecular weight is 291 g/mol. The van der Waals surface area contributed by atoms with Gasteiger partial charge in [0.25, 0.3) is 0 Å². The van der Waals surface area contributed by atoms with E-state index in [4.69, 9.17) is 20.6 Å². The van der Waals surface area contributed by atoms with Gasteiger partial charge in [0.1, 0.15) is 29.6 Å². The van der Waals surface area contributed by atoms with E-state index >= 15 is 0 Å². The number of fused-ring (bicyclic) bond motifs is 1. The fourth-order valence-electron chi connectivity index (χ4n) is 3.07. The molecule has 21 heavy (non-hydrogen) atoms. The molecule has 7 heteroatoms. The quantitative estimate of drug-likeness (QED) is 0.804. The summed E-state index contributed by atoms with van der Waals surface area (Å²) >= 11 is 0. The van der Waals surface area contributed by atoms with Crippen molar-refractivity contribution in [2.75, 3.05) is 23.8 Å². The van der Waals surface area contributed by atoms with Gasteiger partial charge in [0.15, 0.2) is 0 Å². The number of rotatable bonds is 1. The fraction of sp³-hybridized carbons (Fsp3) is 0.643. The minimum atomic E-state index is 0.0452. The highest BCUT2D eigenvalue weighted by molar-refractivity contribution is 6.01. The van der Waals surface area contributed by atoms with Crippen molar-refractivity contribution >= 4 is 17.5 Å². The summed E-state index contributed by atoms with van der Waals surface area (Å²) in [4.78, 5) is 10.9. The predicted molar refractivity (Wildman–Crippen MR) is 79.7 cm³/mol. The molecule has 0 amide bonds. The van der Waals surface area contributed by atoms with Crippen LogP contribution >= 0.6 is 0 Å². The van der Waals surface area contributed by atoms with Crippen molar-refractivity contribution in [3.05, 3.63) is 11.4 Å². The number of hydrogen-bond acceptors (Lipinski definition) is 7. The largest absolute Gasteiger partial charge is 0.475 e. The first-order chi connectivity index (χ1) is 9.97. The van der Waals surface area contributed by atoms with Gasteiger partial charge < -0.3 is 20.1 Å². The molecular formula is C14H21N5O2. The monoisotopic (exact) mass is 291 g/mol. The molecule has 1 saturated heterocycles. The lowest BCUT2D eigenvalue weighted by atomic mass is 10.1. The molecule has 0 saturated carbocycles. The molecule has 3 N–H and O–H groups in total. The minimum Gasteiger partial charge on any atom is -0.475 e. The smallest absolute Gasteiger partial charge is 0.220 e. The summed E-state index contributed by atoms with van der Waals surface area (Å²) in [6.07, 6.45) is 1.16. The first-order valence-corrected chi connectivity index (χ1v) is 7.23. The zero-order chi connectivity index (χ0) is 15.1. The third kappa shape index (κ3) is 2.42.